The van der Waals surface area contributed by atoms with E-state index in [0.717, 1.165) is 0 Å². The van der Waals surface area contributed by atoms with E-state index >= 15 is 0 Å². The summed E-state index contributed by atoms with van der Waals surface area (Å²) >= 11 is 1.35. The molecule has 4 N–H and O–H groups in total. The van der Waals surface area contributed by atoms with Gasteiger partial charge in [0.2, 0.25) is 11.8 Å². The van der Waals surface area contributed by atoms with Gasteiger partial charge in [-0.2, -0.15) is 0 Å². The second kappa shape index (κ2) is 8.90. The smallest absolute Gasteiger partial charge is 0.353 e. The van der Waals surface area contributed by atoms with Crippen LogP contribution in [0.5, 0.6) is 0 Å². The Hall–Kier alpha value is -2.15. The van der Waals surface area contributed by atoms with Crippen LogP contribution >= 0.6 is 11.8 Å². The van der Waals surface area contributed by atoms with Gasteiger partial charge >= 0.3 is 11.9 Å². The van der Waals surface area contributed by atoms with Gasteiger partial charge in [-0.25, -0.2) is 4.79 Å². The highest BCUT2D eigenvalue weighted by Crippen LogP contribution is 2.57. The molecule has 0 saturated carbocycles. The van der Waals surface area contributed by atoms with E-state index in [0.29, 0.717) is 44.0 Å². The standard InChI is InChI=1S/C21H30N4O7S/c1-11(26)21(2)14-8-15(27)25(14)17(20(31)32)18(21)33-12-7-13(22-9-12)19(30)24-5-3-23(4-6-24)10-16(28)29/h11-14,22,26H,3-10H2,1-2H3,(H,28,29)(H,31,32)/t11-,12+,13+,14+,21+/m1/s1. The Balaban J connectivity index is 1.42. The number of aliphatic carboxylic acids is 2. The molecule has 4 aliphatic rings. The monoisotopic (exact) mass is 482 g/mol. The lowest BCUT2D eigenvalue weighted by molar-refractivity contribution is -0.152. The number of nitrogens with one attached hydrogen (secondary N) is 1. The lowest BCUT2D eigenvalue weighted by Crippen LogP contribution is -2.57. The summed E-state index contributed by atoms with van der Waals surface area (Å²) in [5.41, 5.74) is -0.913. The highest BCUT2D eigenvalue weighted by atomic mass is 32.2. The number of β-lactam (4-membered cyclic amide) rings is 1. The quantitative estimate of drug-likeness (QED) is 0.332. The molecule has 0 aromatic heterocycles. The molecule has 2 amide bonds. The van der Waals surface area contributed by atoms with Gasteiger partial charge in [-0.3, -0.25) is 19.3 Å². The van der Waals surface area contributed by atoms with Gasteiger partial charge in [-0.05, 0) is 13.3 Å². The predicted octanol–water partition coefficient (Wildman–Crippen LogP) is -1.02. The normalized spacial score (nSPS) is 33.2. The minimum Gasteiger partial charge on any atom is -0.480 e. The molecule has 0 aromatic rings. The zero-order valence-corrected chi connectivity index (χ0v) is 19.5. The molecule has 0 aromatic carbocycles. The van der Waals surface area contributed by atoms with Gasteiger partial charge in [0.1, 0.15) is 5.70 Å². The van der Waals surface area contributed by atoms with Crippen molar-refractivity contribution >= 4 is 35.5 Å². The highest BCUT2D eigenvalue weighted by Gasteiger charge is 2.62. The number of piperazine rings is 1. The summed E-state index contributed by atoms with van der Waals surface area (Å²) in [5.74, 6) is -2.36. The SMILES string of the molecule is C[C@@H](O)[C@]1(C)C(S[C@@H]2CN[C@H](C(=O)N3CCN(CC(=O)O)CC3)C2)=C(C(=O)O)N2C(=O)C[C@H]21. The molecule has 0 aliphatic carbocycles. The molecule has 4 rings (SSSR count). The Morgan fingerprint density at radius 3 is 2.42 bits per heavy atom. The number of thioether (sulfide) groups is 1. The molecule has 0 unspecified atom stereocenters. The number of carboxylic acids is 2. The van der Waals surface area contributed by atoms with Crippen molar-refractivity contribution in [3.8, 4) is 0 Å². The summed E-state index contributed by atoms with van der Waals surface area (Å²) in [6.45, 7) is 5.85. The Bertz CT molecular complexity index is 901. The third-order valence-corrected chi connectivity index (χ3v) is 8.93. The van der Waals surface area contributed by atoms with Crippen LogP contribution in [-0.2, 0) is 19.2 Å². The molecule has 182 valence electrons. The number of hydrogen-bond donors (Lipinski definition) is 4. The predicted molar refractivity (Wildman–Crippen MR) is 118 cm³/mol. The van der Waals surface area contributed by atoms with Crippen LogP contribution in [0.3, 0.4) is 0 Å². The summed E-state index contributed by atoms with van der Waals surface area (Å²) in [5, 5.41) is 32.5. The zero-order valence-electron chi connectivity index (χ0n) is 18.7. The van der Waals surface area contributed by atoms with Crippen LogP contribution in [0, 0.1) is 5.41 Å². The summed E-state index contributed by atoms with van der Waals surface area (Å²) in [4.78, 5) is 53.4. The van der Waals surface area contributed by atoms with Crippen LogP contribution in [0.4, 0.5) is 0 Å². The van der Waals surface area contributed by atoms with Crippen LogP contribution in [0.15, 0.2) is 10.6 Å². The highest BCUT2D eigenvalue weighted by molar-refractivity contribution is 8.03. The topological polar surface area (TPSA) is 151 Å². The Labute approximate surface area is 195 Å². The maximum absolute atomic E-state index is 13.0. The number of carbonyl (C=O) groups excluding carboxylic acids is 2. The van der Waals surface area contributed by atoms with Gasteiger partial charge in [-0.15, -0.1) is 11.8 Å². The van der Waals surface area contributed by atoms with Crippen LogP contribution in [-0.4, -0.2) is 116 Å². The fourth-order valence-electron chi connectivity index (χ4n) is 5.23. The van der Waals surface area contributed by atoms with Crippen molar-refractivity contribution < 1.29 is 34.5 Å². The molecule has 4 aliphatic heterocycles. The first kappa shape index (κ1) is 24.0. The molecule has 3 saturated heterocycles. The summed E-state index contributed by atoms with van der Waals surface area (Å²) in [6.07, 6.45) is -0.129. The van der Waals surface area contributed by atoms with Gasteiger partial charge in [0.05, 0.1) is 24.7 Å². The van der Waals surface area contributed by atoms with Crippen molar-refractivity contribution in [3.63, 3.8) is 0 Å². The van der Waals surface area contributed by atoms with Crippen molar-refractivity contribution in [1.29, 1.82) is 0 Å². The van der Waals surface area contributed by atoms with E-state index in [1.165, 1.54) is 16.7 Å². The van der Waals surface area contributed by atoms with Crippen molar-refractivity contribution in [2.45, 2.75) is 50.1 Å². The van der Waals surface area contributed by atoms with E-state index in [9.17, 15) is 29.4 Å². The van der Waals surface area contributed by atoms with E-state index in [1.807, 2.05) is 6.92 Å². The molecule has 0 radical (unpaired) electrons. The molecule has 11 nitrogen and oxygen atoms in total. The minimum atomic E-state index is -1.18. The van der Waals surface area contributed by atoms with Crippen molar-refractivity contribution in [3.05, 3.63) is 10.6 Å². The van der Waals surface area contributed by atoms with Gasteiger partial charge < -0.3 is 30.4 Å². The van der Waals surface area contributed by atoms with Crippen molar-refractivity contribution in [2.75, 3.05) is 39.3 Å². The molecule has 4 heterocycles. The number of hydrogen-bond acceptors (Lipinski definition) is 8. The number of nitrogens with zero attached hydrogens (tertiary/aromatic N) is 3. The zero-order chi connectivity index (χ0) is 24.1. The summed E-state index contributed by atoms with van der Waals surface area (Å²) < 4.78 is 0. The third kappa shape index (κ3) is 4.13. The number of carboxylic acid groups (broad SMARTS) is 2. The van der Waals surface area contributed by atoms with Crippen LogP contribution in [0.1, 0.15) is 26.7 Å². The molecule has 0 spiro atoms. The first-order valence-corrected chi connectivity index (χ1v) is 12.0. The average Bonchev–Trinajstić information content (AvgIpc) is 3.28. The second-order valence-corrected chi connectivity index (χ2v) is 10.7. The summed E-state index contributed by atoms with van der Waals surface area (Å²) in [7, 11) is 0. The Kier molecular flexibility index (Phi) is 6.47. The number of aliphatic hydroxyl groups is 1. The van der Waals surface area contributed by atoms with Gasteiger partial charge in [0.25, 0.3) is 0 Å². The van der Waals surface area contributed by atoms with Crippen LogP contribution in [0.2, 0.25) is 0 Å². The first-order chi connectivity index (χ1) is 15.5. The molecule has 33 heavy (non-hydrogen) atoms. The van der Waals surface area contributed by atoms with Crippen molar-refractivity contribution in [1.82, 2.24) is 20.0 Å². The Morgan fingerprint density at radius 2 is 1.88 bits per heavy atom. The lowest BCUT2D eigenvalue weighted by atomic mass is 9.74. The van der Waals surface area contributed by atoms with Gasteiger partial charge in [-0.1, -0.05) is 6.92 Å². The van der Waals surface area contributed by atoms with Gasteiger partial charge in [0.15, 0.2) is 0 Å². The van der Waals surface area contributed by atoms with E-state index in [1.54, 1.807) is 16.7 Å². The number of aliphatic hydroxyl groups excluding tert-OH is 1. The lowest BCUT2D eigenvalue weighted by Gasteiger charge is -2.45. The fourth-order valence-corrected chi connectivity index (χ4v) is 6.89. The molecule has 5 atom stereocenters. The molecule has 3 fully saturated rings. The molecular formula is C21H30N4O7S. The number of fused-ring (bicyclic) bond motifs is 1. The number of carbonyl (C=O) groups is 4. The molecule has 12 heteroatoms. The fraction of sp³-hybridized carbons (Fsp3) is 0.714. The van der Waals surface area contributed by atoms with Crippen LogP contribution in [0.25, 0.3) is 0 Å². The van der Waals surface area contributed by atoms with Crippen LogP contribution < -0.4 is 5.32 Å². The maximum Gasteiger partial charge on any atom is 0.353 e. The number of amides is 2. The summed E-state index contributed by atoms with van der Waals surface area (Å²) in [6, 6.07) is -0.771. The van der Waals surface area contributed by atoms with E-state index < -0.39 is 29.5 Å². The van der Waals surface area contributed by atoms with E-state index in [-0.39, 0.29) is 41.8 Å². The first-order valence-electron chi connectivity index (χ1n) is 11.1. The second-order valence-electron chi connectivity index (χ2n) is 9.36. The van der Waals surface area contributed by atoms with Gasteiger partial charge in [0, 0.05) is 54.7 Å². The molecule has 0 bridgehead atoms. The third-order valence-electron chi connectivity index (χ3n) is 7.37. The Morgan fingerprint density at radius 1 is 1.21 bits per heavy atom. The molecular weight excluding hydrogens is 452 g/mol. The minimum absolute atomic E-state index is 0.0357. The largest absolute Gasteiger partial charge is 0.480 e. The van der Waals surface area contributed by atoms with Crippen molar-refractivity contribution in [2.24, 2.45) is 5.41 Å². The number of rotatable bonds is 7. The van der Waals surface area contributed by atoms with E-state index in [2.05, 4.69) is 5.32 Å². The average molecular weight is 483 g/mol. The van der Waals surface area contributed by atoms with E-state index in [4.69, 9.17) is 5.11 Å². The maximum atomic E-state index is 13.0.